The highest BCUT2D eigenvalue weighted by molar-refractivity contribution is 9.10. The van der Waals surface area contributed by atoms with E-state index < -0.39 is 0 Å². The summed E-state index contributed by atoms with van der Waals surface area (Å²) in [6.45, 7) is 9.15. The average molecular weight is 326 g/mol. The van der Waals surface area contributed by atoms with Gasteiger partial charge in [-0.2, -0.15) is 0 Å². The first-order valence-electron chi connectivity index (χ1n) is 7.19. The maximum Gasteiger partial charge on any atom is 0.0381 e. The van der Waals surface area contributed by atoms with Gasteiger partial charge in [0.2, 0.25) is 0 Å². The third-order valence-electron chi connectivity index (χ3n) is 3.63. The van der Waals surface area contributed by atoms with Crippen LogP contribution in [0.2, 0.25) is 0 Å². The molecule has 1 saturated heterocycles. The molecule has 0 saturated carbocycles. The summed E-state index contributed by atoms with van der Waals surface area (Å²) in [4.78, 5) is 2.56. The molecule has 0 spiro atoms. The van der Waals surface area contributed by atoms with Crippen LogP contribution in [-0.4, -0.2) is 44.2 Å². The maximum atomic E-state index is 3.53. The summed E-state index contributed by atoms with van der Waals surface area (Å²) in [6, 6.07) is 6.39. The average Bonchev–Trinajstić information content (AvgIpc) is 2.43. The summed E-state index contributed by atoms with van der Waals surface area (Å²) >= 11 is 3.52. The standard InChI is InChI=1S/C15H24BrN3/c1-13-4-5-14(16)12-15(13)18-6-2-3-9-19-10-7-17-8-11-19/h4-5,12,17-18H,2-3,6-11H2,1H3. The fraction of sp³-hybridized carbons (Fsp3) is 0.600. The zero-order valence-corrected chi connectivity index (χ0v) is 13.3. The van der Waals surface area contributed by atoms with E-state index in [1.165, 1.54) is 43.7 Å². The zero-order valence-electron chi connectivity index (χ0n) is 11.7. The molecule has 2 N–H and O–H groups in total. The molecule has 0 aromatic heterocycles. The molecule has 1 aliphatic heterocycles. The molecule has 0 bridgehead atoms. The molecule has 1 aromatic carbocycles. The number of unbranched alkanes of at least 4 members (excludes halogenated alkanes) is 1. The van der Waals surface area contributed by atoms with Crippen LogP contribution < -0.4 is 10.6 Å². The quantitative estimate of drug-likeness (QED) is 0.787. The van der Waals surface area contributed by atoms with Crippen molar-refractivity contribution in [2.24, 2.45) is 0 Å². The lowest BCUT2D eigenvalue weighted by Gasteiger charge is -2.27. The van der Waals surface area contributed by atoms with E-state index in [0.717, 1.165) is 24.1 Å². The Morgan fingerprint density at radius 3 is 2.84 bits per heavy atom. The normalized spacial score (nSPS) is 16.5. The van der Waals surface area contributed by atoms with E-state index in [1.807, 2.05) is 0 Å². The van der Waals surface area contributed by atoms with Gasteiger partial charge >= 0.3 is 0 Å². The number of piperazine rings is 1. The van der Waals surface area contributed by atoms with Crippen LogP contribution in [0.5, 0.6) is 0 Å². The Morgan fingerprint density at radius 2 is 2.05 bits per heavy atom. The second kappa shape index (κ2) is 7.88. The van der Waals surface area contributed by atoms with E-state index in [9.17, 15) is 0 Å². The van der Waals surface area contributed by atoms with Gasteiger partial charge < -0.3 is 15.5 Å². The first-order valence-corrected chi connectivity index (χ1v) is 7.98. The van der Waals surface area contributed by atoms with Crippen molar-refractivity contribution in [3.8, 4) is 0 Å². The van der Waals surface area contributed by atoms with Crippen LogP contribution in [0.3, 0.4) is 0 Å². The second-order valence-electron chi connectivity index (χ2n) is 5.18. The number of hydrogen-bond acceptors (Lipinski definition) is 3. The number of rotatable bonds is 6. The van der Waals surface area contributed by atoms with Crippen molar-refractivity contribution in [3.05, 3.63) is 28.2 Å². The van der Waals surface area contributed by atoms with E-state index >= 15 is 0 Å². The largest absolute Gasteiger partial charge is 0.385 e. The van der Waals surface area contributed by atoms with Gasteiger partial charge in [0, 0.05) is 42.9 Å². The fourth-order valence-electron chi connectivity index (χ4n) is 2.40. The molecule has 3 nitrogen and oxygen atoms in total. The van der Waals surface area contributed by atoms with Gasteiger partial charge in [-0.1, -0.05) is 22.0 Å². The molecular weight excluding hydrogens is 302 g/mol. The minimum atomic E-state index is 1.06. The predicted octanol–water partition coefficient (Wildman–Crippen LogP) is 2.85. The molecular formula is C15H24BrN3. The van der Waals surface area contributed by atoms with Crippen molar-refractivity contribution in [2.45, 2.75) is 19.8 Å². The van der Waals surface area contributed by atoms with Gasteiger partial charge in [-0.25, -0.2) is 0 Å². The molecule has 1 fully saturated rings. The van der Waals surface area contributed by atoms with E-state index in [-0.39, 0.29) is 0 Å². The van der Waals surface area contributed by atoms with Crippen molar-refractivity contribution in [1.82, 2.24) is 10.2 Å². The van der Waals surface area contributed by atoms with Crippen LogP contribution in [0.1, 0.15) is 18.4 Å². The van der Waals surface area contributed by atoms with Crippen LogP contribution in [0.15, 0.2) is 22.7 Å². The number of benzene rings is 1. The predicted molar refractivity (Wildman–Crippen MR) is 85.9 cm³/mol. The molecule has 106 valence electrons. The molecule has 2 rings (SSSR count). The molecule has 4 heteroatoms. The topological polar surface area (TPSA) is 27.3 Å². The highest BCUT2D eigenvalue weighted by Crippen LogP contribution is 2.20. The molecule has 1 heterocycles. The minimum Gasteiger partial charge on any atom is -0.385 e. The van der Waals surface area contributed by atoms with E-state index in [0.29, 0.717) is 0 Å². The van der Waals surface area contributed by atoms with Crippen molar-refractivity contribution in [2.75, 3.05) is 44.6 Å². The summed E-state index contributed by atoms with van der Waals surface area (Å²) in [5.74, 6) is 0. The lowest BCUT2D eigenvalue weighted by Crippen LogP contribution is -2.43. The van der Waals surface area contributed by atoms with Crippen molar-refractivity contribution < 1.29 is 0 Å². The highest BCUT2D eigenvalue weighted by atomic mass is 79.9. The number of aryl methyl sites for hydroxylation is 1. The Bertz CT molecular complexity index is 389. The molecule has 0 aliphatic carbocycles. The number of nitrogens with zero attached hydrogens (tertiary/aromatic N) is 1. The van der Waals surface area contributed by atoms with Gasteiger partial charge in [0.25, 0.3) is 0 Å². The molecule has 0 atom stereocenters. The number of nitrogens with one attached hydrogen (secondary N) is 2. The van der Waals surface area contributed by atoms with Crippen LogP contribution in [-0.2, 0) is 0 Å². The maximum absolute atomic E-state index is 3.53. The summed E-state index contributed by atoms with van der Waals surface area (Å²) in [5.41, 5.74) is 2.56. The highest BCUT2D eigenvalue weighted by Gasteiger charge is 2.08. The van der Waals surface area contributed by atoms with Gasteiger partial charge in [0.05, 0.1) is 0 Å². The molecule has 1 aromatic rings. The first kappa shape index (κ1) is 14.8. The first-order chi connectivity index (χ1) is 9.25. The van der Waals surface area contributed by atoms with Gasteiger partial charge in [-0.3, -0.25) is 0 Å². The summed E-state index contributed by atoms with van der Waals surface area (Å²) in [6.07, 6.45) is 2.51. The van der Waals surface area contributed by atoms with Crippen molar-refractivity contribution in [3.63, 3.8) is 0 Å². The summed E-state index contributed by atoms with van der Waals surface area (Å²) in [7, 11) is 0. The number of anilines is 1. The van der Waals surface area contributed by atoms with E-state index in [2.05, 4.69) is 56.6 Å². The van der Waals surface area contributed by atoms with Gasteiger partial charge in [-0.15, -0.1) is 0 Å². The molecule has 0 radical (unpaired) electrons. The van der Waals surface area contributed by atoms with E-state index in [1.54, 1.807) is 0 Å². The summed E-state index contributed by atoms with van der Waals surface area (Å²) < 4.78 is 1.14. The third kappa shape index (κ3) is 5.13. The SMILES string of the molecule is Cc1ccc(Br)cc1NCCCCN1CCNCC1. The number of halogens is 1. The Labute approximate surface area is 124 Å². The zero-order chi connectivity index (χ0) is 13.5. The van der Waals surface area contributed by atoms with Gasteiger partial charge in [-0.05, 0) is 44.0 Å². The smallest absolute Gasteiger partial charge is 0.0381 e. The van der Waals surface area contributed by atoms with Crippen molar-refractivity contribution in [1.29, 1.82) is 0 Å². The molecule has 1 aliphatic rings. The van der Waals surface area contributed by atoms with Crippen LogP contribution in [0.25, 0.3) is 0 Å². The third-order valence-corrected chi connectivity index (χ3v) is 4.12. The Kier molecular flexibility index (Phi) is 6.14. The minimum absolute atomic E-state index is 1.06. The monoisotopic (exact) mass is 325 g/mol. The van der Waals surface area contributed by atoms with Crippen molar-refractivity contribution >= 4 is 21.6 Å². The Morgan fingerprint density at radius 1 is 1.26 bits per heavy atom. The van der Waals surface area contributed by atoms with E-state index in [4.69, 9.17) is 0 Å². The second-order valence-corrected chi connectivity index (χ2v) is 6.10. The molecule has 0 unspecified atom stereocenters. The Hall–Kier alpha value is -0.580. The number of hydrogen-bond donors (Lipinski definition) is 2. The van der Waals surface area contributed by atoms with Crippen LogP contribution >= 0.6 is 15.9 Å². The summed E-state index contributed by atoms with van der Waals surface area (Å²) in [5, 5.41) is 6.92. The molecule has 0 amide bonds. The van der Waals surface area contributed by atoms with Crippen LogP contribution in [0.4, 0.5) is 5.69 Å². The lowest BCUT2D eigenvalue weighted by molar-refractivity contribution is 0.237. The fourth-order valence-corrected chi connectivity index (χ4v) is 2.76. The molecule has 19 heavy (non-hydrogen) atoms. The lowest BCUT2D eigenvalue weighted by atomic mass is 10.2. The van der Waals surface area contributed by atoms with Gasteiger partial charge in [0.1, 0.15) is 0 Å². The Balaban J connectivity index is 1.62. The van der Waals surface area contributed by atoms with Gasteiger partial charge in [0.15, 0.2) is 0 Å². The van der Waals surface area contributed by atoms with Crippen LogP contribution in [0, 0.1) is 6.92 Å².